The maximum absolute atomic E-state index is 7.50. The lowest BCUT2D eigenvalue weighted by Crippen LogP contribution is -2.27. The zero-order valence-electron chi connectivity index (χ0n) is 19.3. The van der Waals surface area contributed by atoms with Crippen LogP contribution in [-0.2, 0) is 0 Å². The number of rotatable bonds is 0. The topological polar surface area (TPSA) is 0 Å². The van der Waals surface area contributed by atoms with Crippen LogP contribution in [-0.4, -0.2) is 21.2 Å². The van der Waals surface area contributed by atoms with Gasteiger partial charge >= 0.3 is 0 Å². The van der Waals surface area contributed by atoms with Gasteiger partial charge in [0.2, 0.25) is 0 Å². The SMILES string of the molecule is CC(C)(C)C1=PP2[C@@H](C(C)(C)C)P1P1[C@H](C(C)(C)C)P(Cl)[C@H](C(C)(C)C)P21. The maximum atomic E-state index is 7.50. The minimum Gasteiger partial charge on any atom is -0.0950 e. The summed E-state index contributed by atoms with van der Waals surface area (Å²) in [7, 11) is 1.84. The van der Waals surface area contributed by atoms with Crippen molar-refractivity contribution in [2.45, 2.75) is 99.3 Å². The Morgan fingerprint density at radius 3 is 1.44 bits per heavy atom. The smallest absolute Gasteiger partial charge is 0.0274 e. The molecule has 5 unspecified atom stereocenters. The third kappa shape index (κ3) is 4.06. The summed E-state index contributed by atoms with van der Waals surface area (Å²) in [6.45, 7) is 30.2. The van der Waals surface area contributed by atoms with Crippen molar-refractivity contribution in [2.24, 2.45) is 21.7 Å². The Morgan fingerprint density at radius 1 is 0.667 bits per heavy atom. The minimum absolute atomic E-state index is 0.0423. The monoisotopic (exact) mass is 500 g/mol. The summed E-state index contributed by atoms with van der Waals surface area (Å²) < 4.78 is 0. The van der Waals surface area contributed by atoms with Crippen molar-refractivity contribution in [3.8, 4) is 0 Å². The fourth-order valence-electron chi connectivity index (χ4n) is 4.40. The Labute approximate surface area is 181 Å². The van der Waals surface area contributed by atoms with Gasteiger partial charge in [-0.25, -0.2) is 0 Å². The molecule has 0 spiro atoms. The molecule has 2 bridgehead atoms. The molecule has 27 heavy (non-hydrogen) atoms. The first-order chi connectivity index (χ1) is 11.9. The molecule has 156 valence electrons. The molecule has 0 nitrogen and oxygen atoms in total. The Kier molecular flexibility index (Phi) is 6.57. The molecule has 0 amide bonds. The predicted octanol–water partition coefficient (Wildman–Crippen LogP) is 11.5. The number of halogens is 1. The van der Waals surface area contributed by atoms with E-state index in [-0.39, 0.29) is 36.8 Å². The second-order valence-electron chi connectivity index (χ2n) is 12.5. The lowest BCUT2D eigenvalue weighted by molar-refractivity contribution is 0.438. The molecular weight excluding hydrogens is 462 g/mol. The van der Waals surface area contributed by atoms with Gasteiger partial charge in [0, 0.05) is 23.5 Å². The molecule has 2 saturated heterocycles. The van der Waals surface area contributed by atoms with E-state index >= 15 is 0 Å². The first-order valence-corrected chi connectivity index (χ1v) is 21.8. The van der Waals surface area contributed by atoms with Crippen LogP contribution in [0.2, 0.25) is 0 Å². The first-order valence-electron chi connectivity index (χ1n) is 10.1. The van der Waals surface area contributed by atoms with E-state index in [1.165, 1.54) is 0 Å². The van der Waals surface area contributed by atoms with Gasteiger partial charge in [0.05, 0.1) is 0 Å². The van der Waals surface area contributed by atoms with Gasteiger partial charge in [-0.3, -0.25) is 0 Å². The third-order valence-electron chi connectivity index (χ3n) is 5.40. The lowest BCUT2D eigenvalue weighted by Gasteiger charge is -2.42. The largest absolute Gasteiger partial charge is 0.0950 e. The average Bonchev–Trinajstić information content (AvgIpc) is 2.97. The van der Waals surface area contributed by atoms with Crippen LogP contribution in [0.1, 0.15) is 83.1 Å². The quantitative estimate of drug-likeness (QED) is 0.290. The highest BCUT2D eigenvalue weighted by atomic mass is 35.7. The zero-order chi connectivity index (χ0) is 20.9. The summed E-state index contributed by atoms with van der Waals surface area (Å²) in [4.78, 5) is 0. The van der Waals surface area contributed by atoms with Crippen LogP contribution in [0, 0.1) is 21.7 Å². The molecule has 3 rings (SSSR count). The Bertz CT molecular complexity index is 633. The van der Waals surface area contributed by atoms with Crippen LogP contribution >= 0.6 is 55.9 Å². The molecule has 0 saturated carbocycles. The van der Waals surface area contributed by atoms with Crippen LogP contribution < -0.4 is 0 Å². The fourth-order valence-corrected chi connectivity index (χ4v) is 82.5. The Balaban J connectivity index is 2.20. The van der Waals surface area contributed by atoms with Crippen LogP contribution in [0.5, 0.6) is 0 Å². The highest BCUT2D eigenvalue weighted by molar-refractivity contribution is 8.96. The van der Waals surface area contributed by atoms with Gasteiger partial charge in [0.15, 0.2) is 0 Å². The fraction of sp³-hybridized carbons (Fsp3) is 0.950. The summed E-state index contributed by atoms with van der Waals surface area (Å²) in [6.07, 6.45) is 0. The molecular formula is C20H39ClP6. The van der Waals surface area contributed by atoms with Gasteiger partial charge < -0.3 is 0 Å². The number of fused-ring (bicyclic) bond motifs is 5. The van der Waals surface area contributed by atoms with Crippen molar-refractivity contribution < 1.29 is 0 Å². The molecule has 0 aliphatic carbocycles. The summed E-state index contributed by atoms with van der Waals surface area (Å²) in [5.74, 6) is 0. The first kappa shape index (κ1) is 24.3. The van der Waals surface area contributed by atoms with Gasteiger partial charge in [-0.05, 0) is 56.2 Å². The van der Waals surface area contributed by atoms with Crippen molar-refractivity contribution in [1.29, 1.82) is 0 Å². The molecule has 0 N–H and O–H groups in total. The number of hydrogen-bond acceptors (Lipinski definition) is 0. The zero-order valence-corrected chi connectivity index (χ0v) is 25.4. The standard InChI is InChI=1S/C20H39ClP6/c1-17(2,3)13-22-25-16(20(10,11)12)24(13)26-14(18(4,5)6)23(21)15(27(25)26)19(7,8)9/h14-16H,1-12H3/t14-,15+,16+,23?,24?,25?,26?,27?/m1/s1. The molecule has 3 heterocycles. The van der Waals surface area contributed by atoms with E-state index in [0.29, 0.717) is 21.7 Å². The van der Waals surface area contributed by atoms with E-state index in [4.69, 9.17) is 11.2 Å². The van der Waals surface area contributed by atoms with Crippen molar-refractivity contribution >= 4 is 60.9 Å². The predicted molar refractivity (Wildman–Crippen MR) is 142 cm³/mol. The van der Waals surface area contributed by atoms with E-state index in [0.717, 1.165) is 16.2 Å². The van der Waals surface area contributed by atoms with Gasteiger partial charge in [0.1, 0.15) is 0 Å². The van der Waals surface area contributed by atoms with Crippen LogP contribution in [0.4, 0.5) is 0 Å². The van der Waals surface area contributed by atoms with Gasteiger partial charge in [0.25, 0.3) is 0 Å². The van der Waals surface area contributed by atoms with E-state index in [1.54, 1.807) is 0 Å². The van der Waals surface area contributed by atoms with Crippen LogP contribution in [0.3, 0.4) is 0 Å². The van der Waals surface area contributed by atoms with Crippen LogP contribution in [0.25, 0.3) is 0 Å². The lowest BCUT2D eigenvalue weighted by atomic mass is 9.99. The highest BCUT2D eigenvalue weighted by Gasteiger charge is 2.70. The summed E-state index contributed by atoms with van der Waals surface area (Å²) >= 11 is 7.50. The molecule has 0 aromatic rings. The van der Waals surface area contributed by atoms with Crippen molar-refractivity contribution in [3.63, 3.8) is 0 Å². The third-order valence-corrected chi connectivity index (χ3v) is 50.7. The molecule has 3 aliphatic heterocycles. The van der Waals surface area contributed by atoms with Crippen molar-refractivity contribution in [2.75, 3.05) is 0 Å². The number of hydrogen-bond donors (Lipinski definition) is 0. The minimum atomic E-state index is -0.380. The van der Waals surface area contributed by atoms with Crippen LogP contribution in [0.15, 0.2) is 0 Å². The van der Waals surface area contributed by atoms with E-state index < -0.39 is 0 Å². The highest BCUT2D eigenvalue weighted by Crippen LogP contribution is 3.23. The van der Waals surface area contributed by atoms with Crippen molar-refractivity contribution in [1.82, 2.24) is 0 Å². The maximum Gasteiger partial charge on any atom is 0.0274 e. The average molecular weight is 501 g/mol. The Hall–Kier alpha value is 2.61. The summed E-state index contributed by atoms with van der Waals surface area (Å²) in [6, 6.07) is 0. The van der Waals surface area contributed by atoms with Crippen molar-refractivity contribution in [3.05, 3.63) is 0 Å². The molecule has 7 heteroatoms. The Morgan fingerprint density at radius 2 is 1.07 bits per heavy atom. The molecule has 0 radical (unpaired) electrons. The van der Waals surface area contributed by atoms with E-state index in [9.17, 15) is 0 Å². The van der Waals surface area contributed by atoms with Gasteiger partial charge in [-0.2, -0.15) is 0 Å². The molecule has 0 aromatic heterocycles. The molecule has 2 fully saturated rings. The normalized spacial score (nSPS) is 43.1. The second-order valence-corrected chi connectivity index (χ2v) is 35.3. The van der Waals surface area contributed by atoms with Gasteiger partial charge in [-0.15, -0.1) is 0 Å². The van der Waals surface area contributed by atoms with E-state index in [2.05, 4.69) is 83.1 Å². The summed E-state index contributed by atoms with van der Waals surface area (Å²) in [5, 5.41) is 4.63. The summed E-state index contributed by atoms with van der Waals surface area (Å²) in [5.41, 5.74) is 1.59. The van der Waals surface area contributed by atoms with E-state index in [1.807, 2.05) is 12.9 Å². The second kappa shape index (κ2) is 7.31. The molecule has 3 aliphatic rings. The molecule has 0 aromatic carbocycles. The molecule has 8 atom stereocenters. The van der Waals surface area contributed by atoms with Gasteiger partial charge in [-0.1, -0.05) is 102 Å².